The largest absolute Gasteiger partial charge is 0.463 e. The molecule has 1 fully saturated rings. The summed E-state index contributed by atoms with van der Waals surface area (Å²) in [6, 6.07) is 0. The van der Waals surface area contributed by atoms with Crippen LogP contribution in [-0.4, -0.2) is 64.6 Å². The number of hydrogen-bond donors (Lipinski definition) is 3. The Morgan fingerprint density at radius 1 is 0.900 bits per heavy atom. The van der Waals surface area contributed by atoms with Gasteiger partial charge in [0.25, 0.3) is 0 Å². The molecule has 176 valence electrons. The van der Waals surface area contributed by atoms with Crippen LogP contribution in [0.2, 0.25) is 0 Å². The standard InChI is InChI=1S/C22H40O8/c1-3-5-7-9-11-13-18(23)28-15-17-20(25)21(26)22(27,30-17)16-29-19(24)14-12-10-8-6-4-2/h17,20-21,25-27H,3-16H2,1-2H3/t17-,20-,21-,22?/m1/s1/i1D,2D. The lowest BCUT2D eigenvalue weighted by atomic mass is 10.1. The van der Waals surface area contributed by atoms with E-state index in [0.717, 1.165) is 51.4 Å². The molecular weight excluding hydrogens is 392 g/mol. The highest BCUT2D eigenvalue weighted by Gasteiger charge is 2.54. The fourth-order valence-corrected chi connectivity index (χ4v) is 3.23. The van der Waals surface area contributed by atoms with Gasteiger partial charge < -0.3 is 29.5 Å². The second-order valence-electron chi connectivity index (χ2n) is 7.82. The lowest BCUT2D eigenvalue weighted by molar-refractivity contribution is -0.253. The van der Waals surface area contributed by atoms with Gasteiger partial charge >= 0.3 is 11.9 Å². The van der Waals surface area contributed by atoms with Gasteiger partial charge in [-0.25, -0.2) is 0 Å². The smallest absolute Gasteiger partial charge is 0.305 e. The summed E-state index contributed by atoms with van der Waals surface area (Å²) in [7, 11) is 0. The van der Waals surface area contributed by atoms with E-state index >= 15 is 0 Å². The molecule has 8 heteroatoms. The van der Waals surface area contributed by atoms with Crippen LogP contribution >= 0.6 is 0 Å². The number of hydrogen-bond acceptors (Lipinski definition) is 8. The predicted molar refractivity (Wildman–Crippen MR) is 111 cm³/mol. The van der Waals surface area contributed by atoms with Crippen molar-refractivity contribution < 1.29 is 41.9 Å². The molecule has 0 saturated carbocycles. The Morgan fingerprint density at radius 2 is 1.43 bits per heavy atom. The van der Waals surface area contributed by atoms with Gasteiger partial charge in [0.05, 0.1) is 0 Å². The summed E-state index contributed by atoms with van der Waals surface area (Å²) in [5.74, 6) is -3.26. The van der Waals surface area contributed by atoms with Gasteiger partial charge in [-0.15, -0.1) is 0 Å². The van der Waals surface area contributed by atoms with Gasteiger partial charge in [-0.3, -0.25) is 9.59 Å². The van der Waals surface area contributed by atoms with Crippen LogP contribution < -0.4 is 0 Å². The Bertz CT molecular complexity index is 536. The number of aliphatic hydroxyl groups excluding tert-OH is 2. The van der Waals surface area contributed by atoms with E-state index in [1.165, 1.54) is 0 Å². The molecule has 1 aliphatic rings. The molecule has 1 rings (SSSR count). The van der Waals surface area contributed by atoms with Crippen LogP contribution in [0.4, 0.5) is 0 Å². The van der Waals surface area contributed by atoms with E-state index in [-0.39, 0.29) is 19.4 Å². The van der Waals surface area contributed by atoms with Crippen molar-refractivity contribution in [2.45, 2.75) is 115 Å². The van der Waals surface area contributed by atoms with Crippen molar-refractivity contribution in [3.63, 3.8) is 0 Å². The number of carbonyl (C=O) groups excluding carboxylic acids is 2. The van der Waals surface area contributed by atoms with Crippen LogP contribution in [0.15, 0.2) is 0 Å². The lowest BCUT2D eigenvalue weighted by Crippen LogP contribution is -2.47. The topological polar surface area (TPSA) is 123 Å². The lowest BCUT2D eigenvalue weighted by Gasteiger charge is -2.25. The monoisotopic (exact) mass is 434 g/mol. The number of rotatable bonds is 16. The summed E-state index contributed by atoms with van der Waals surface area (Å²) in [6.07, 6.45) is 4.58. The predicted octanol–water partition coefficient (Wildman–Crippen LogP) is 2.60. The van der Waals surface area contributed by atoms with Gasteiger partial charge in [0.2, 0.25) is 5.79 Å². The Labute approximate surface area is 182 Å². The Kier molecular flexibility index (Phi) is 11.5. The van der Waals surface area contributed by atoms with E-state index in [1.807, 2.05) is 0 Å². The molecule has 8 nitrogen and oxygen atoms in total. The van der Waals surface area contributed by atoms with E-state index in [0.29, 0.717) is 26.6 Å². The number of esters is 2. The van der Waals surface area contributed by atoms with Crippen molar-refractivity contribution in [2.24, 2.45) is 0 Å². The summed E-state index contributed by atoms with van der Waals surface area (Å²) in [4.78, 5) is 23.7. The molecule has 1 saturated heterocycles. The molecule has 3 N–H and O–H groups in total. The van der Waals surface area contributed by atoms with Crippen LogP contribution in [-0.2, 0) is 23.8 Å². The first-order chi connectivity index (χ1) is 15.3. The van der Waals surface area contributed by atoms with Crippen molar-refractivity contribution in [1.82, 2.24) is 0 Å². The maximum atomic E-state index is 11.9. The van der Waals surface area contributed by atoms with Crippen molar-refractivity contribution in [2.75, 3.05) is 13.2 Å². The molecule has 0 bridgehead atoms. The minimum Gasteiger partial charge on any atom is -0.463 e. The first kappa shape index (κ1) is 23.4. The third-order valence-electron chi connectivity index (χ3n) is 5.13. The molecule has 0 aromatic carbocycles. The molecule has 1 heterocycles. The molecule has 30 heavy (non-hydrogen) atoms. The van der Waals surface area contributed by atoms with E-state index in [4.69, 9.17) is 17.0 Å². The molecule has 1 unspecified atom stereocenters. The Morgan fingerprint density at radius 3 is 2.00 bits per heavy atom. The zero-order valence-corrected chi connectivity index (χ0v) is 17.9. The van der Waals surface area contributed by atoms with Crippen LogP contribution in [0.1, 0.15) is 93.6 Å². The minimum absolute atomic E-state index is 0.166. The quantitative estimate of drug-likeness (QED) is 0.250. The molecule has 0 spiro atoms. The highest BCUT2D eigenvalue weighted by atomic mass is 16.7. The number of unbranched alkanes of at least 4 members (excludes halogenated alkanes) is 8. The van der Waals surface area contributed by atoms with Crippen molar-refractivity contribution in [3.05, 3.63) is 0 Å². The average Bonchev–Trinajstić information content (AvgIpc) is 2.99. The second kappa shape index (κ2) is 14.7. The van der Waals surface area contributed by atoms with Crippen molar-refractivity contribution >= 4 is 11.9 Å². The van der Waals surface area contributed by atoms with E-state index in [1.54, 1.807) is 0 Å². The third kappa shape index (κ3) is 9.73. The van der Waals surface area contributed by atoms with Gasteiger partial charge in [-0.2, -0.15) is 0 Å². The Hall–Kier alpha value is -1.22. The summed E-state index contributed by atoms with van der Waals surface area (Å²) in [5, 5.41) is 30.7. The van der Waals surface area contributed by atoms with Crippen LogP contribution in [0.3, 0.4) is 0 Å². The van der Waals surface area contributed by atoms with Crippen LogP contribution in [0.25, 0.3) is 0 Å². The molecular formula is C22H40O8. The number of carbonyl (C=O) groups is 2. The van der Waals surface area contributed by atoms with Gasteiger partial charge in [0.1, 0.15) is 31.5 Å². The molecule has 0 aromatic heterocycles. The zero-order chi connectivity index (χ0) is 23.8. The summed E-state index contributed by atoms with van der Waals surface area (Å²) in [6.45, 7) is -0.143. The van der Waals surface area contributed by atoms with Gasteiger partial charge in [-0.05, 0) is 12.8 Å². The van der Waals surface area contributed by atoms with Gasteiger partial charge in [0, 0.05) is 15.6 Å². The number of ether oxygens (including phenoxy) is 3. The minimum atomic E-state index is -2.27. The maximum absolute atomic E-state index is 11.9. The van der Waals surface area contributed by atoms with Gasteiger partial charge in [0.15, 0.2) is 0 Å². The summed E-state index contributed by atoms with van der Waals surface area (Å²) < 4.78 is 29.5. The summed E-state index contributed by atoms with van der Waals surface area (Å²) >= 11 is 0. The van der Waals surface area contributed by atoms with Crippen LogP contribution in [0, 0.1) is 0 Å². The fraction of sp³-hybridized carbons (Fsp3) is 0.909. The molecule has 4 atom stereocenters. The van der Waals surface area contributed by atoms with Crippen LogP contribution in [0.5, 0.6) is 0 Å². The molecule has 0 aromatic rings. The molecule has 0 aliphatic carbocycles. The zero-order valence-electron chi connectivity index (χ0n) is 19.9. The SMILES string of the molecule is [2H]CCCCCCCC(=O)OC[C@H]1OC(O)(COC(=O)CCCCCCC[2H])[C@H](O)[C@@H]1O. The summed E-state index contributed by atoms with van der Waals surface area (Å²) in [5.41, 5.74) is 0. The first-order valence-electron chi connectivity index (χ1n) is 12.4. The molecule has 1 aliphatic heterocycles. The van der Waals surface area contributed by atoms with E-state index in [2.05, 4.69) is 0 Å². The van der Waals surface area contributed by atoms with E-state index in [9.17, 15) is 24.9 Å². The van der Waals surface area contributed by atoms with Crippen molar-refractivity contribution in [1.29, 1.82) is 0 Å². The highest BCUT2D eigenvalue weighted by Crippen LogP contribution is 2.30. The Balaban J connectivity index is 2.27. The normalized spacial score (nSPS) is 26.8. The van der Waals surface area contributed by atoms with Crippen molar-refractivity contribution in [3.8, 4) is 0 Å². The highest BCUT2D eigenvalue weighted by molar-refractivity contribution is 5.69. The first-order valence-corrected chi connectivity index (χ1v) is 11.0. The van der Waals surface area contributed by atoms with E-state index < -0.39 is 42.6 Å². The van der Waals surface area contributed by atoms with Gasteiger partial charge in [-0.1, -0.05) is 65.2 Å². The molecule has 0 amide bonds. The number of aliphatic hydroxyl groups is 3. The fourth-order valence-electron chi connectivity index (χ4n) is 3.23. The average molecular weight is 435 g/mol. The molecule has 0 radical (unpaired) electrons. The second-order valence-corrected chi connectivity index (χ2v) is 7.82. The maximum Gasteiger partial charge on any atom is 0.305 e. The third-order valence-corrected chi connectivity index (χ3v) is 5.13.